The fourth-order valence-electron chi connectivity index (χ4n) is 2.34. The van der Waals surface area contributed by atoms with E-state index in [1.54, 1.807) is 11.8 Å². The van der Waals surface area contributed by atoms with Crippen LogP contribution in [0.2, 0.25) is 5.02 Å². The topological polar surface area (TPSA) is 20.3 Å². The lowest BCUT2D eigenvalue weighted by Crippen LogP contribution is -2.27. The van der Waals surface area contributed by atoms with Crippen molar-refractivity contribution in [3.63, 3.8) is 0 Å². The van der Waals surface area contributed by atoms with Gasteiger partial charge in [-0.05, 0) is 42.3 Å². The Bertz CT molecular complexity index is 706. The number of carbonyl (C=O) groups excluding carboxylic acids is 1. The molecule has 1 amide bonds. The van der Waals surface area contributed by atoms with Crippen LogP contribution in [0.3, 0.4) is 0 Å². The van der Waals surface area contributed by atoms with Gasteiger partial charge in [-0.3, -0.25) is 9.69 Å². The predicted octanol–water partition coefficient (Wildman–Crippen LogP) is 5.19. The minimum atomic E-state index is -0.00577. The molecule has 2 nitrogen and oxygen atoms in total. The molecule has 0 bridgehead atoms. The molecule has 0 spiro atoms. The van der Waals surface area contributed by atoms with Gasteiger partial charge in [0.25, 0.3) is 0 Å². The van der Waals surface area contributed by atoms with Crippen molar-refractivity contribution in [2.45, 2.75) is 12.3 Å². The molecule has 0 aliphatic carbocycles. The van der Waals surface area contributed by atoms with Crippen LogP contribution in [0.15, 0.2) is 46.9 Å². The molecular weight excluding hydrogens is 370 g/mol. The second-order valence-corrected chi connectivity index (χ2v) is 7.31. The highest BCUT2D eigenvalue weighted by molar-refractivity contribution is 9.10. The zero-order valence-electron chi connectivity index (χ0n) is 11.3. The predicted molar refractivity (Wildman–Crippen MR) is 93.0 cm³/mol. The molecule has 0 N–H and O–H groups in total. The van der Waals surface area contributed by atoms with Gasteiger partial charge in [-0.1, -0.05) is 45.7 Å². The maximum absolute atomic E-state index is 12.3. The quantitative estimate of drug-likeness (QED) is 0.712. The highest BCUT2D eigenvalue weighted by Gasteiger charge is 2.34. The summed E-state index contributed by atoms with van der Waals surface area (Å²) < 4.78 is 1.02. The molecule has 1 atom stereocenters. The first-order chi connectivity index (χ1) is 10.1. The number of thioether (sulfide) groups is 1. The van der Waals surface area contributed by atoms with Gasteiger partial charge < -0.3 is 0 Å². The van der Waals surface area contributed by atoms with E-state index in [-0.39, 0.29) is 11.3 Å². The summed E-state index contributed by atoms with van der Waals surface area (Å²) in [6.45, 7) is 1.96. The van der Waals surface area contributed by atoms with E-state index in [4.69, 9.17) is 11.6 Å². The molecule has 0 radical (unpaired) electrons. The van der Waals surface area contributed by atoms with E-state index in [2.05, 4.69) is 22.0 Å². The average Bonchev–Trinajstić information content (AvgIpc) is 2.84. The van der Waals surface area contributed by atoms with Crippen molar-refractivity contribution in [1.82, 2.24) is 0 Å². The molecule has 2 aromatic rings. The highest BCUT2D eigenvalue weighted by Crippen LogP contribution is 2.42. The summed E-state index contributed by atoms with van der Waals surface area (Å²) in [7, 11) is 0. The lowest BCUT2D eigenvalue weighted by Gasteiger charge is -2.25. The van der Waals surface area contributed by atoms with E-state index in [0.29, 0.717) is 10.8 Å². The number of halogens is 2. The monoisotopic (exact) mass is 381 g/mol. The van der Waals surface area contributed by atoms with Crippen molar-refractivity contribution in [3.05, 3.63) is 63.1 Å². The zero-order chi connectivity index (χ0) is 15.0. The molecule has 108 valence electrons. The maximum atomic E-state index is 12.3. The second-order valence-electron chi connectivity index (χ2n) is 4.92. The first-order valence-corrected chi connectivity index (χ1v) is 8.73. The highest BCUT2D eigenvalue weighted by atomic mass is 79.9. The standard InChI is InChI=1S/C16H13BrClNOS/c1-10-5-6-13(8-14(10)18)19-15(20)9-21-16(19)11-3-2-4-12(17)7-11/h2-8,16H,9H2,1H3/t16-/m1/s1. The smallest absolute Gasteiger partial charge is 0.238 e. The fourth-order valence-corrected chi connectivity index (χ4v) is 4.10. The minimum absolute atomic E-state index is 0.00577. The summed E-state index contributed by atoms with van der Waals surface area (Å²) in [6.07, 6.45) is 0. The Balaban J connectivity index is 2.01. The number of hydrogen-bond acceptors (Lipinski definition) is 2. The minimum Gasteiger partial charge on any atom is -0.295 e. The Hall–Kier alpha value is -0.970. The first-order valence-electron chi connectivity index (χ1n) is 6.51. The van der Waals surface area contributed by atoms with E-state index < -0.39 is 0 Å². The van der Waals surface area contributed by atoms with Gasteiger partial charge in [0.2, 0.25) is 5.91 Å². The normalized spacial score (nSPS) is 18.3. The molecule has 0 unspecified atom stereocenters. The first kappa shape index (κ1) is 14.9. The molecule has 0 saturated carbocycles. The van der Waals surface area contributed by atoms with Gasteiger partial charge in [-0.25, -0.2) is 0 Å². The van der Waals surface area contributed by atoms with Gasteiger partial charge in [-0.2, -0.15) is 0 Å². The van der Waals surface area contributed by atoms with Crippen LogP contribution in [0.4, 0.5) is 5.69 Å². The van der Waals surface area contributed by atoms with E-state index >= 15 is 0 Å². The Morgan fingerprint density at radius 3 is 2.81 bits per heavy atom. The number of amides is 1. The van der Waals surface area contributed by atoms with E-state index in [1.165, 1.54) is 0 Å². The number of benzene rings is 2. The number of rotatable bonds is 2. The third-order valence-corrected chi connectivity index (χ3v) is 5.55. The van der Waals surface area contributed by atoms with Crippen molar-refractivity contribution in [2.75, 3.05) is 10.7 Å². The van der Waals surface area contributed by atoms with Crippen LogP contribution in [-0.4, -0.2) is 11.7 Å². The third-order valence-electron chi connectivity index (χ3n) is 3.44. The van der Waals surface area contributed by atoms with Gasteiger partial charge in [0, 0.05) is 15.2 Å². The summed E-state index contributed by atoms with van der Waals surface area (Å²) in [4.78, 5) is 14.1. The van der Waals surface area contributed by atoms with Crippen LogP contribution >= 0.6 is 39.3 Å². The lowest BCUT2D eigenvalue weighted by atomic mass is 10.1. The molecule has 1 heterocycles. The van der Waals surface area contributed by atoms with Crippen molar-refractivity contribution in [1.29, 1.82) is 0 Å². The van der Waals surface area contributed by atoms with Crippen molar-refractivity contribution >= 4 is 50.9 Å². The Kier molecular flexibility index (Phi) is 4.29. The van der Waals surface area contributed by atoms with Gasteiger partial charge >= 0.3 is 0 Å². The molecule has 1 fully saturated rings. The van der Waals surface area contributed by atoms with Gasteiger partial charge in [0.05, 0.1) is 5.75 Å². The zero-order valence-corrected chi connectivity index (χ0v) is 14.5. The summed E-state index contributed by atoms with van der Waals surface area (Å²) in [5, 5.41) is 0.680. The van der Waals surface area contributed by atoms with E-state index in [0.717, 1.165) is 21.3 Å². The summed E-state index contributed by atoms with van der Waals surface area (Å²) in [5.74, 6) is 0.604. The molecule has 5 heteroatoms. The molecule has 2 aromatic carbocycles. The number of hydrogen-bond donors (Lipinski definition) is 0. The van der Waals surface area contributed by atoms with Crippen LogP contribution in [-0.2, 0) is 4.79 Å². The summed E-state index contributed by atoms with van der Waals surface area (Å²) in [6, 6.07) is 13.8. The summed E-state index contributed by atoms with van der Waals surface area (Å²) in [5.41, 5.74) is 2.97. The number of nitrogens with zero attached hydrogens (tertiary/aromatic N) is 1. The second kappa shape index (κ2) is 6.03. The fraction of sp³-hybridized carbons (Fsp3) is 0.188. The van der Waals surface area contributed by atoms with Crippen molar-refractivity contribution in [2.24, 2.45) is 0 Å². The third kappa shape index (κ3) is 2.98. The van der Waals surface area contributed by atoms with Crippen LogP contribution in [0, 0.1) is 6.92 Å². The van der Waals surface area contributed by atoms with Crippen LogP contribution < -0.4 is 4.90 Å². The maximum Gasteiger partial charge on any atom is 0.238 e. The van der Waals surface area contributed by atoms with Crippen LogP contribution in [0.5, 0.6) is 0 Å². The van der Waals surface area contributed by atoms with Crippen molar-refractivity contribution in [3.8, 4) is 0 Å². The van der Waals surface area contributed by atoms with Crippen LogP contribution in [0.25, 0.3) is 0 Å². The molecule has 3 rings (SSSR count). The Morgan fingerprint density at radius 1 is 1.29 bits per heavy atom. The Labute approximate surface area is 141 Å². The van der Waals surface area contributed by atoms with Crippen LogP contribution in [0.1, 0.15) is 16.5 Å². The molecule has 1 aliphatic rings. The van der Waals surface area contributed by atoms with E-state index in [1.807, 2.05) is 48.2 Å². The molecular formula is C16H13BrClNOS. The SMILES string of the molecule is Cc1ccc(N2C(=O)CS[C@@H]2c2cccc(Br)c2)cc1Cl. The summed E-state index contributed by atoms with van der Waals surface area (Å²) >= 11 is 11.3. The molecule has 1 saturated heterocycles. The Morgan fingerprint density at radius 2 is 2.10 bits per heavy atom. The number of aryl methyl sites for hydroxylation is 1. The van der Waals surface area contributed by atoms with E-state index in [9.17, 15) is 4.79 Å². The lowest BCUT2D eigenvalue weighted by molar-refractivity contribution is -0.115. The molecule has 21 heavy (non-hydrogen) atoms. The average molecular weight is 383 g/mol. The van der Waals surface area contributed by atoms with Gasteiger partial charge in [-0.15, -0.1) is 11.8 Å². The van der Waals surface area contributed by atoms with Gasteiger partial charge in [0.15, 0.2) is 0 Å². The largest absolute Gasteiger partial charge is 0.295 e. The van der Waals surface area contributed by atoms with Crippen molar-refractivity contribution < 1.29 is 4.79 Å². The van der Waals surface area contributed by atoms with Gasteiger partial charge in [0.1, 0.15) is 5.37 Å². The molecule has 0 aromatic heterocycles. The number of carbonyl (C=O) groups is 1. The molecule has 1 aliphatic heterocycles. The number of anilines is 1.